The lowest BCUT2D eigenvalue weighted by molar-refractivity contribution is 0.200. The van der Waals surface area contributed by atoms with Gasteiger partial charge < -0.3 is 10.1 Å². The van der Waals surface area contributed by atoms with Crippen LogP contribution in [0.2, 0.25) is 5.02 Å². The lowest BCUT2D eigenvalue weighted by Gasteiger charge is -2.06. The first kappa shape index (κ1) is 12.5. The molecule has 0 atom stereocenters. The van der Waals surface area contributed by atoms with Crippen molar-refractivity contribution < 1.29 is 9.53 Å². The van der Waals surface area contributed by atoms with Crippen LogP contribution in [0.15, 0.2) is 54.6 Å². The number of hydrogen-bond acceptors (Lipinski definition) is 2. The van der Waals surface area contributed by atoms with Crippen molar-refractivity contribution in [2.75, 3.05) is 0 Å². The Balaban J connectivity index is 1.84. The van der Waals surface area contributed by atoms with Crippen molar-refractivity contribution in [3.8, 4) is 5.75 Å². The molecule has 0 radical (unpaired) electrons. The molecule has 18 heavy (non-hydrogen) atoms. The highest BCUT2D eigenvalue weighted by atomic mass is 35.5. The number of halogens is 1. The van der Waals surface area contributed by atoms with E-state index >= 15 is 0 Å². The van der Waals surface area contributed by atoms with E-state index in [1.54, 1.807) is 24.3 Å². The Hall–Kier alpha value is -2.00. The number of nitrogens with one attached hydrogen (secondary N) is 1. The van der Waals surface area contributed by atoms with E-state index in [9.17, 15) is 4.79 Å². The molecular weight excluding hydrogens is 250 g/mol. The predicted molar refractivity (Wildman–Crippen MR) is 70.8 cm³/mol. The second kappa shape index (κ2) is 6.07. The van der Waals surface area contributed by atoms with Crippen LogP contribution in [0, 0.1) is 0 Å². The maximum atomic E-state index is 11.5. The van der Waals surface area contributed by atoms with Gasteiger partial charge in [0.05, 0.1) is 0 Å². The van der Waals surface area contributed by atoms with Crippen molar-refractivity contribution in [1.82, 2.24) is 5.32 Å². The first-order valence-electron chi connectivity index (χ1n) is 5.49. The summed E-state index contributed by atoms with van der Waals surface area (Å²) in [4.78, 5) is 11.5. The largest absolute Gasteiger partial charge is 0.412 e. The molecule has 2 aromatic rings. The molecule has 2 rings (SSSR count). The van der Waals surface area contributed by atoms with Crippen LogP contribution in [0.3, 0.4) is 0 Å². The minimum absolute atomic E-state index is 0.438. The van der Waals surface area contributed by atoms with Gasteiger partial charge in [-0.1, -0.05) is 41.9 Å². The number of carbonyl (C=O) groups is 1. The summed E-state index contributed by atoms with van der Waals surface area (Å²) in [6, 6.07) is 16.3. The Labute approximate surface area is 110 Å². The molecular formula is C14H12ClNO2. The predicted octanol–water partition coefficient (Wildman–Crippen LogP) is 3.63. The van der Waals surface area contributed by atoms with Crippen LogP contribution < -0.4 is 10.1 Å². The molecule has 92 valence electrons. The molecule has 0 saturated heterocycles. The van der Waals surface area contributed by atoms with E-state index in [4.69, 9.17) is 16.3 Å². The molecule has 0 fully saturated rings. The monoisotopic (exact) mass is 261 g/mol. The normalized spacial score (nSPS) is 9.83. The summed E-state index contributed by atoms with van der Waals surface area (Å²) in [6.07, 6.45) is -0.485. The van der Waals surface area contributed by atoms with Gasteiger partial charge in [0.1, 0.15) is 5.75 Å². The molecule has 1 N–H and O–H groups in total. The zero-order valence-corrected chi connectivity index (χ0v) is 10.4. The van der Waals surface area contributed by atoms with Crippen LogP contribution in [-0.2, 0) is 6.54 Å². The fraction of sp³-hybridized carbons (Fsp3) is 0.0714. The molecule has 1 amide bonds. The molecule has 0 aliphatic rings. The van der Waals surface area contributed by atoms with E-state index in [1.807, 2.05) is 30.3 Å². The van der Waals surface area contributed by atoms with Gasteiger partial charge in [-0.25, -0.2) is 4.79 Å². The minimum Gasteiger partial charge on any atom is -0.410 e. The number of benzene rings is 2. The molecule has 0 aliphatic heterocycles. The molecule has 3 nitrogen and oxygen atoms in total. The van der Waals surface area contributed by atoms with Crippen LogP contribution in [0.1, 0.15) is 5.56 Å². The van der Waals surface area contributed by atoms with E-state index in [0.717, 1.165) is 5.56 Å². The maximum Gasteiger partial charge on any atom is 0.412 e. The molecule has 0 saturated carbocycles. The highest BCUT2D eigenvalue weighted by Gasteiger charge is 2.03. The number of hydrogen-bond donors (Lipinski definition) is 1. The van der Waals surface area contributed by atoms with Gasteiger partial charge in [0, 0.05) is 11.6 Å². The summed E-state index contributed by atoms with van der Waals surface area (Å²) in [5.74, 6) is 0.463. The van der Waals surface area contributed by atoms with Crippen LogP contribution >= 0.6 is 11.6 Å². The van der Waals surface area contributed by atoms with Crippen LogP contribution in [0.5, 0.6) is 5.75 Å². The van der Waals surface area contributed by atoms with Gasteiger partial charge in [-0.3, -0.25) is 0 Å². The quantitative estimate of drug-likeness (QED) is 0.916. The summed E-state index contributed by atoms with van der Waals surface area (Å²) in [6.45, 7) is 0.438. The fourth-order valence-corrected chi connectivity index (χ4v) is 1.54. The summed E-state index contributed by atoms with van der Waals surface area (Å²) in [5, 5.41) is 3.27. The molecule has 0 bridgehead atoms. The van der Waals surface area contributed by atoms with E-state index in [-0.39, 0.29) is 0 Å². The third-order valence-electron chi connectivity index (χ3n) is 2.30. The van der Waals surface area contributed by atoms with E-state index in [1.165, 1.54) is 0 Å². The molecule has 2 aromatic carbocycles. The summed E-state index contributed by atoms with van der Waals surface area (Å²) in [5.41, 5.74) is 1.02. The Bertz CT molecular complexity index is 511. The van der Waals surface area contributed by atoms with Gasteiger partial charge in [0.15, 0.2) is 0 Å². The Morgan fingerprint density at radius 2 is 1.72 bits per heavy atom. The zero-order valence-electron chi connectivity index (χ0n) is 9.60. The standard InChI is InChI=1S/C14H12ClNO2/c15-12-6-8-13(9-7-12)18-14(17)16-10-11-4-2-1-3-5-11/h1-9H,10H2,(H,16,17). The Kier molecular flexibility index (Phi) is 4.20. The topological polar surface area (TPSA) is 38.3 Å². The summed E-state index contributed by atoms with van der Waals surface area (Å²) in [7, 11) is 0. The van der Waals surface area contributed by atoms with E-state index in [2.05, 4.69) is 5.32 Å². The van der Waals surface area contributed by atoms with E-state index < -0.39 is 6.09 Å². The lowest BCUT2D eigenvalue weighted by Crippen LogP contribution is -2.26. The number of ether oxygens (including phenoxy) is 1. The first-order chi connectivity index (χ1) is 8.74. The highest BCUT2D eigenvalue weighted by molar-refractivity contribution is 6.30. The molecule has 0 heterocycles. The van der Waals surface area contributed by atoms with Gasteiger partial charge in [-0.05, 0) is 29.8 Å². The van der Waals surface area contributed by atoms with Gasteiger partial charge in [0.2, 0.25) is 0 Å². The van der Waals surface area contributed by atoms with Crippen LogP contribution in [-0.4, -0.2) is 6.09 Å². The van der Waals surface area contributed by atoms with Gasteiger partial charge in [-0.2, -0.15) is 0 Å². The minimum atomic E-state index is -0.485. The molecule has 0 aliphatic carbocycles. The van der Waals surface area contributed by atoms with E-state index in [0.29, 0.717) is 17.3 Å². The number of rotatable bonds is 3. The van der Waals surface area contributed by atoms with Crippen molar-refractivity contribution in [2.24, 2.45) is 0 Å². The van der Waals surface area contributed by atoms with Crippen molar-refractivity contribution in [3.05, 3.63) is 65.2 Å². The average molecular weight is 262 g/mol. The Morgan fingerprint density at radius 3 is 2.39 bits per heavy atom. The van der Waals surface area contributed by atoms with Crippen molar-refractivity contribution in [1.29, 1.82) is 0 Å². The van der Waals surface area contributed by atoms with Crippen molar-refractivity contribution in [2.45, 2.75) is 6.54 Å². The first-order valence-corrected chi connectivity index (χ1v) is 5.87. The third kappa shape index (κ3) is 3.79. The molecule has 0 spiro atoms. The van der Waals surface area contributed by atoms with Crippen molar-refractivity contribution in [3.63, 3.8) is 0 Å². The van der Waals surface area contributed by atoms with Crippen LogP contribution in [0.25, 0.3) is 0 Å². The van der Waals surface area contributed by atoms with Crippen molar-refractivity contribution >= 4 is 17.7 Å². The second-order valence-electron chi connectivity index (χ2n) is 3.68. The average Bonchev–Trinajstić information content (AvgIpc) is 2.40. The second-order valence-corrected chi connectivity index (χ2v) is 4.12. The summed E-state index contributed by atoms with van der Waals surface area (Å²) >= 11 is 5.73. The number of carbonyl (C=O) groups excluding carboxylic acids is 1. The highest BCUT2D eigenvalue weighted by Crippen LogP contribution is 2.15. The smallest absolute Gasteiger partial charge is 0.410 e. The molecule has 0 unspecified atom stereocenters. The van der Waals surface area contributed by atoms with Gasteiger partial charge >= 0.3 is 6.09 Å². The number of amides is 1. The lowest BCUT2D eigenvalue weighted by atomic mass is 10.2. The Morgan fingerprint density at radius 1 is 1.06 bits per heavy atom. The molecule has 0 aromatic heterocycles. The van der Waals surface area contributed by atoms with Gasteiger partial charge in [0.25, 0.3) is 0 Å². The maximum absolute atomic E-state index is 11.5. The molecule has 4 heteroatoms. The SMILES string of the molecule is O=C(NCc1ccccc1)Oc1ccc(Cl)cc1. The third-order valence-corrected chi connectivity index (χ3v) is 2.56. The van der Waals surface area contributed by atoms with Crippen LogP contribution in [0.4, 0.5) is 4.79 Å². The van der Waals surface area contributed by atoms with Gasteiger partial charge in [-0.15, -0.1) is 0 Å². The summed E-state index contributed by atoms with van der Waals surface area (Å²) < 4.78 is 5.08. The zero-order chi connectivity index (χ0) is 12.8. The fourth-order valence-electron chi connectivity index (χ4n) is 1.42.